The van der Waals surface area contributed by atoms with Crippen LogP contribution in [-0.2, 0) is 17.5 Å². The zero-order chi connectivity index (χ0) is 23.4. The molecule has 0 radical (unpaired) electrons. The highest BCUT2D eigenvalue weighted by Gasteiger charge is 2.30. The predicted octanol–water partition coefficient (Wildman–Crippen LogP) is 3.22. The van der Waals surface area contributed by atoms with E-state index in [4.69, 9.17) is 9.72 Å². The highest BCUT2D eigenvalue weighted by Crippen LogP contribution is 2.30. The number of fused-ring (bicyclic) bond motifs is 1. The Bertz CT molecular complexity index is 1130. The van der Waals surface area contributed by atoms with Gasteiger partial charge in [0.05, 0.1) is 36.9 Å². The zero-order valence-corrected chi connectivity index (χ0v) is 18.7. The minimum Gasteiger partial charge on any atom is -0.378 e. The van der Waals surface area contributed by atoms with Crippen LogP contribution >= 0.6 is 11.8 Å². The Kier molecular flexibility index (Phi) is 7.03. The number of amides is 1. The quantitative estimate of drug-likeness (QED) is 0.411. The molecular formula is C21H23F3N6O2S. The first-order valence-electron chi connectivity index (χ1n) is 10.5. The molecular weight excluding hydrogens is 457 g/mol. The lowest BCUT2D eigenvalue weighted by Gasteiger charge is -2.28. The van der Waals surface area contributed by atoms with Crippen molar-refractivity contribution in [2.45, 2.75) is 24.8 Å². The molecule has 0 bridgehead atoms. The summed E-state index contributed by atoms with van der Waals surface area (Å²) in [6.07, 6.45) is -2.80. The molecule has 3 aromatic rings. The normalized spacial score (nSPS) is 14.6. The van der Waals surface area contributed by atoms with Crippen molar-refractivity contribution >= 4 is 34.5 Å². The van der Waals surface area contributed by atoms with Gasteiger partial charge in [0.15, 0.2) is 10.8 Å². The van der Waals surface area contributed by atoms with Crippen LogP contribution in [0.3, 0.4) is 0 Å². The van der Waals surface area contributed by atoms with E-state index >= 15 is 0 Å². The number of hydrogen-bond acceptors (Lipinski definition) is 7. The van der Waals surface area contributed by atoms with Crippen molar-refractivity contribution in [1.82, 2.24) is 25.1 Å². The standard InChI is InChI=1S/C21H23F3N6O2S/c1-2-33-20-27-17(29-8-10-32-11-9-29)16-13-26-30(18(16)28-20)7-6-25-19(31)14-4-3-5-15(12-14)21(22,23)24/h3-5,12-13H,2,6-11H2,1H3,(H,25,31). The summed E-state index contributed by atoms with van der Waals surface area (Å²) in [6, 6.07) is 4.35. The van der Waals surface area contributed by atoms with Crippen molar-refractivity contribution in [3.8, 4) is 0 Å². The van der Waals surface area contributed by atoms with Gasteiger partial charge in [-0.3, -0.25) is 4.79 Å². The summed E-state index contributed by atoms with van der Waals surface area (Å²) >= 11 is 1.53. The Balaban J connectivity index is 1.50. The Labute approximate surface area is 192 Å². The van der Waals surface area contributed by atoms with E-state index in [1.807, 2.05) is 6.92 Å². The molecule has 1 fully saturated rings. The molecule has 3 heterocycles. The van der Waals surface area contributed by atoms with E-state index in [0.717, 1.165) is 42.2 Å². The van der Waals surface area contributed by atoms with E-state index in [9.17, 15) is 18.0 Å². The van der Waals surface area contributed by atoms with Crippen LogP contribution in [0, 0.1) is 0 Å². The summed E-state index contributed by atoms with van der Waals surface area (Å²) in [5.74, 6) is 1.04. The number of aromatic nitrogens is 4. The van der Waals surface area contributed by atoms with Crippen LogP contribution < -0.4 is 10.2 Å². The van der Waals surface area contributed by atoms with E-state index in [1.165, 1.54) is 23.9 Å². The van der Waals surface area contributed by atoms with E-state index in [-0.39, 0.29) is 12.1 Å². The van der Waals surface area contributed by atoms with Gasteiger partial charge in [0, 0.05) is 25.2 Å². The third-order valence-electron chi connectivity index (χ3n) is 5.10. The molecule has 0 aliphatic carbocycles. The van der Waals surface area contributed by atoms with Gasteiger partial charge in [-0.05, 0) is 24.0 Å². The molecule has 1 aliphatic rings. The predicted molar refractivity (Wildman–Crippen MR) is 119 cm³/mol. The molecule has 1 aliphatic heterocycles. The average molecular weight is 481 g/mol. The van der Waals surface area contributed by atoms with Gasteiger partial charge in [0.25, 0.3) is 5.91 Å². The number of carbonyl (C=O) groups is 1. The summed E-state index contributed by atoms with van der Waals surface area (Å²) in [4.78, 5) is 23.9. The van der Waals surface area contributed by atoms with Crippen LogP contribution in [0.25, 0.3) is 11.0 Å². The van der Waals surface area contributed by atoms with Crippen molar-refractivity contribution in [1.29, 1.82) is 0 Å². The Hall–Kier alpha value is -2.86. The largest absolute Gasteiger partial charge is 0.416 e. The van der Waals surface area contributed by atoms with Gasteiger partial charge >= 0.3 is 6.18 Å². The van der Waals surface area contributed by atoms with Gasteiger partial charge in [0.1, 0.15) is 5.82 Å². The van der Waals surface area contributed by atoms with E-state index < -0.39 is 17.6 Å². The summed E-state index contributed by atoms with van der Waals surface area (Å²) < 4.78 is 45.8. The molecule has 12 heteroatoms. The van der Waals surface area contributed by atoms with Crippen molar-refractivity contribution in [2.75, 3.05) is 43.5 Å². The molecule has 33 heavy (non-hydrogen) atoms. The fourth-order valence-electron chi connectivity index (χ4n) is 3.51. The number of benzene rings is 1. The number of rotatable bonds is 7. The van der Waals surface area contributed by atoms with Crippen molar-refractivity contribution in [3.63, 3.8) is 0 Å². The lowest BCUT2D eigenvalue weighted by Crippen LogP contribution is -2.37. The third kappa shape index (κ3) is 5.38. The lowest BCUT2D eigenvalue weighted by atomic mass is 10.1. The van der Waals surface area contributed by atoms with Crippen LogP contribution in [0.15, 0.2) is 35.6 Å². The van der Waals surface area contributed by atoms with Crippen molar-refractivity contribution < 1.29 is 22.7 Å². The number of ether oxygens (including phenoxy) is 1. The van der Waals surface area contributed by atoms with Crippen LogP contribution in [0.1, 0.15) is 22.8 Å². The number of nitrogens with one attached hydrogen (secondary N) is 1. The van der Waals surface area contributed by atoms with Crippen LogP contribution in [0.2, 0.25) is 0 Å². The molecule has 4 rings (SSSR count). The van der Waals surface area contributed by atoms with E-state index in [0.29, 0.717) is 30.6 Å². The van der Waals surface area contributed by atoms with Gasteiger partial charge in [-0.25, -0.2) is 14.6 Å². The first kappa shape index (κ1) is 23.3. The number of halogens is 3. The summed E-state index contributed by atoms with van der Waals surface area (Å²) in [5.41, 5.74) is -0.258. The Morgan fingerprint density at radius 2 is 2.03 bits per heavy atom. The molecule has 0 spiro atoms. The monoisotopic (exact) mass is 480 g/mol. The van der Waals surface area contributed by atoms with Crippen LogP contribution in [-0.4, -0.2) is 64.3 Å². The van der Waals surface area contributed by atoms with Gasteiger partial charge in [-0.2, -0.15) is 18.3 Å². The number of hydrogen-bond donors (Lipinski definition) is 1. The fraction of sp³-hybridized carbons (Fsp3) is 0.429. The average Bonchev–Trinajstić information content (AvgIpc) is 3.22. The summed E-state index contributed by atoms with van der Waals surface area (Å²) in [5, 5.41) is 8.52. The number of carbonyl (C=O) groups excluding carboxylic acids is 1. The van der Waals surface area contributed by atoms with Crippen LogP contribution in [0.4, 0.5) is 19.0 Å². The Morgan fingerprint density at radius 3 is 2.76 bits per heavy atom. The first-order valence-corrected chi connectivity index (χ1v) is 11.5. The number of thioether (sulfide) groups is 1. The smallest absolute Gasteiger partial charge is 0.378 e. The second kappa shape index (κ2) is 9.96. The minimum absolute atomic E-state index is 0.0475. The summed E-state index contributed by atoms with van der Waals surface area (Å²) in [6.45, 7) is 5.20. The molecule has 1 amide bonds. The maximum absolute atomic E-state index is 12.9. The topological polar surface area (TPSA) is 85.2 Å². The van der Waals surface area contributed by atoms with E-state index in [1.54, 1.807) is 10.9 Å². The maximum Gasteiger partial charge on any atom is 0.416 e. The fourth-order valence-corrected chi connectivity index (χ4v) is 4.07. The first-order chi connectivity index (χ1) is 15.9. The second-order valence-electron chi connectivity index (χ2n) is 7.30. The van der Waals surface area contributed by atoms with E-state index in [2.05, 4.69) is 20.3 Å². The van der Waals surface area contributed by atoms with Crippen molar-refractivity contribution in [2.24, 2.45) is 0 Å². The molecule has 0 saturated carbocycles. The molecule has 1 N–H and O–H groups in total. The number of nitrogens with zero attached hydrogens (tertiary/aromatic N) is 5. The lowest BCUT2D eigenvalue weighted by molar-refractivity contribution is -0.137. The zero-order valence-electron chi connectivity index (χ0n) is 17.9. The van der Waals surface area contributed by atoms with Crippen LogP contribution in [0.5, 0.6) is 0 Å². The molecule has 0 atom stereocenters. The SMILES string of the molecule is CCSc1nc(N2CCOCC2)c2cnn(CCNC(=O)c3cccc(C(F)(F)F)c3)c2n1. The van der Waals surface area contributed by atoms with Gasteiger partial charge < -0.3 is 15.0 Å². The highest BCUT2D eigenvalue weighted by molar-refractivity contribution is 7.99. The van der Waals surface area contributed by atoms with Gasteiger partial charge in [0.2, 0.25) is 0 Å². The third-order valence-corrected chi connectivity index (χ3v) is 5.83. The molecule has 8 nitrogen and oxygen atoms in total. The van der Waals surface area contributed by atoms with Gasteiger partial charge in [-0.15, -0.1) is 0 Å². The number of anilines is 1. The number of alkyl halides is 3. The molecule has 2 aromatic heterocycles. The molecule has 1 aromatic carbocycles. The highest BCUT2D eigenvalue weighted by atomic mass is 32.2. The molecule has 1 saturated heterocycles. The number of morpholine rings is 1. The Morgan fingerprint density at radius 1 is 1.24 bits per heavy atom. The minimum atomic E-state index is -4.50. The molecule has 176 valence electrons. The van der Waals surface area contributed by atoms with Gasteiger partial charge in [-0.1, -0.05) is 24.8 Å². The molecule has 0 unspecified atom stereocenters. The second-order valence-corrected chi connectivity index (χ2v) is 8.53. The van der Waals surface area contributed by atoms with Crippen molar-refractivity contribution in [3.05, 3.63) is 41.6 Å². The summed E-state index contributed by atoms with van der Waals surface area (Å²) in [7, 11) is 0. The maximum atomic E-state index is 12.9.